The van der Waals surface area contributed by atoms with Gasteiger partial charge in [0.1, 0.15) is 10.6 Å². The van der Waals surface area contributed by atoms with Crippen LogP contribution in [-0.4, -0.2) is 24.5 Å². The molecule has 0 aliphatic carbocycles. The highest BCUT2D eigenvalue weighted by atomic mass is 79.9. The maximum absolute atomic E-state index is 14.1. The fraction of sp³-hybridized carbons (Fsp3) is 0.182. The van der Waals surface area contributed by atoms with Crippen molar-refractivity contribution in [3.8, 4) is 5.69 Å². The van der Waals surface area contributed by atoms with Gasteiger partial charge in [-0.15, -0.1) is 0 Å². The van der Waals surface area contributed by atoms with E-state index in [0.717, 1.165) is 6.26 Å². The molecule has 0 amide bonds. The van der Waals surface area contributed by atoms with E-state index in [1.165, 1.54) is 23.1 Å². The fourth-order valence-electron chi connectivity index (χ4n) is 1.54. The van der Waals surface area contributed by atoms with Gasteiger partial charge in [0.2, 0.25) is 0 Å². The summed E-state index contributed by atoms with van der Waals surface area (Å²) in [5.74, 6) is -0.536. The molecule has 2 N–H and O–H groups in total. The van der Waals surface area contributed by atoms with Crippen LogP contribution in [-0.2, 0) is 16.4 Å². The summed E-state index contributed by atoms with van der Waals surface area (Å²) in [6.45, 7) is 0.200. The zero-order valence-corrected chi connectivity index (χ0v) is 12.4. The van der Waals surface area contributed by atoms with Crippen LogP contribution in [0.1, 0.15) is 5.56 Å². The van der Waals surface area contributed by atoms with E-state index in [9.17, 15) is 12.8 Å². The van der Waals surface area contributed by atoms with Crippen molar-refractivity contribution >= 4 is 25.8 Å². The number of aromatic nitrogens is 2. The molecule has 0 radical (unpaired) electrons. The van der Waals surface area contributed by atoms with Crippen molar-refractivity contribution in [2.24, 2.45) is 5.73 Å². The lowest BCUT2D eigenvalue weighted by Gasteiger charge is -2.08. The van der Waals surface area contributed by atoms with E-state index in [4.69, 9.17) is 5.73 Å². The second-order valence-electron chi connectivity index (χ2n) is 3.97. The summed E-state index contributed by atoms with van der Waals surface area (Å²) in [4.78, 5) is 0.0333. The standard InChI is InChI=1S/C11H11BrFN3O2S/c1-19(17,18)8-5-15-16(6-8)9-3-2-7(4-14)10(12)11(9)13/h2-3,5-6H,4,14H2,1H3. The minimum atomic E-state index is -3.36. The van der Waals surface area contributed by atoms with Crippen LogP contribution in [0.3, 0.4) is 0 Å². The quantitative estimate of drug-likeness (QED) is 0.915. The topological polar surface area (TPSA) is 78.0 Å². The molecule has 19 heavy (non-hydrogen) atoms. The van der Waals surface area contributed by atoms with Gasteiger partial charge in [-0.05, 0) is 27.6 Å². The van der Waals surface area contributed by atoms with Gasteiger partial charge in [-0.25, -0.2) is 17.5 Å². The molecule has 0 fully saturated rings. The Bertz CT molecular complexity index is 728. The van der Waals surface area contributed by atoms with Crippen LogP contribution in [0.5, 0.6) is 0 Å². The molecule has 1 aromatic carbocycles. The highest BCUT2D eigenvalue weighted by molar-refractivity contribution is 9.10. The molecule has 2 rings (SSSR count). The Morgan fingerprint density at radius 1 is 1.47 bits per heavy atom. The van der Waals surface area contributed by atoms with Crippen LogP contribution in [0, 0.1) is 5.82 Å². The third-order valence-electron chi connectivity index (χ3n) is 2.60. The number of halogens is 2. The molecular weight excluding hydrogens is 337 g/mol. The Balaban J connectivity index is 2.54. The first kappa shape index (κ1) is 14.2. The van der Waals surface area contributed by atoms with Gasteiger partial charge in [0.25, 0.3) is 0 Å². The zero-order valence-electron chi connectivity index (χ0n) is 9.97. The summed E-state index contributed by atoms with van der Waals surface area (Å²) in [5, 5.41) is 3.86. The second-order valence-corrected chi connectivity index (χ2v) is 6.78. The number of hydrogen-bond acceptors (Lipinski definition) is 4. The first-order valence-electron chi connectivity index (χ1n) is 5.26. The van der Waals surface area contributed by atoms with E-state index in [-0.39, 0.29) is 21.6 Å². The van der Waals surface area contributed by atoms with Crippen LogP contribution >= 0.6 is 15.9 Å². The summed E-state index contributed by atoms with van der Waals surface area (Å²) >= 11 is 3.12. The van der Waals surface area contributed by atoms with Gasteiger partial charge in [-0.3, -0.25) is 0 Å². The monoisotopic (exact) mass is 347 g/mol. The number of hydrogen-bond donors (Lipinski definition) is 1. The lowest BCUT2D eigenvalue weighted by atomic mass is 10.2. The molecule has 0 saturated carbocycles. The highest BCUT2D eigenvalue weighted by Gasteiger charge is 2.15. The normalized spacial score (nSPS) is 11.8. The predicted molar refractivity (Wildman–Crippen MR) is 72.2 cm³/mol. The Morgan fingerprint density at radius 3 is 2.68 bits per heavy atom. The Hall–Kier alpha value is -1.25. The van der Waals surface area contributed by atoms with Crippen LogP contribution in [0.2, 0.25) is 0 Å². The van der Waals surface area contributed by atoms with Crippen molar-refractivity contribution in [2.75, 3.05) is 6.26 Å². The summed E-state index contributed by atoms with van der Waals surface area (Å²) in [7, 11) is -3.36. The van der Waals surface area contributed by atoms with Crippen LogP contribution < -0.4 is 5.73 Å². The van der Waals surface area contributed by atoms with Crippen molar-refractivity contribution in [2.45, 2.75) is 11.4 Å². The van der Waals surface area contributed by atoms with Crippen LogP contribution in [0.25, 0.3) is 5.69 Å². The zero-order chi connectivity index (χ0) is 14.2. The van der Waals surface area contributed by atoms with Gasteiger partial charge in [0.15, 0.2) is 15.7 Å². The summed E-state index contributed by atoms with van der Waals surface area (Å²) in [5.41, 5.74) is 6.24. The van der Waals surface area contributed by atoms with E-state index < -0.39 is 15.7 Å². The molecule has 102 valence electrons. The maximum atomic E-state index is 14.1. The van der Waals surface area contributed by atoms with Gasteiger partial charge < -0.3 is 5.73 Å². The number of sulfone groups is 1. The SMILES string of the molecule is CS(=O)(=O)c1cnn(-c2ccc(CN)c(Br)c2F)c1. The highest BCUT2D eigenvalue weighted by Crippen LogP contribution is 2.26. The lowest BCUT2D eigenvalue weighted by molar-refractivity contribution is 0.598. The molecule has 1 aromatic heterocycles. The fourth-order valence-corrected chi connectivity index (χ4v) is 2.57. The molecule has 1 heterocycles. The Kier molecular flexibility index (Phi) is 3.75. The van der Waals surface area contributed by atoms with E-state index in [1.807, 2.05) is 0 Å². The molecular formula is C11H11BrFN3O2S. The van der Waals surface area contributed by atoms with Gasteiger partial charge in [0, 0.05) is 19.0 Å². The minimum absolute atomic E-state index is 0.0333. The van der Waals surface area contributed by atoms with Crippen molar-refractivity contribution < 1.29 is 12.8 Å². The van der Waals surface area contributed by atoms with Crippen molar-refractivity contribution in [3.05, 3.63) is 40.4 Å². The van der Waals surface area contributed by atoms with Gasteiger partial charge in [0.05, 0.1) is 10.7 Å². The third kappa shape index (κ3) is 2.70. The Morgan fingerprint density at radius 2 is 2.16 bits per heavy atom. The average Bonchev–Trinajstić information content (AvgIpc) is 2.81. The molecule has 0 bridgehead atoms. The van der Waals surface area contributed by atoms with Crippen molar-refractivity contribution in [1.29, 1.82) is 0 Å². The molecule has 0 aliphatic rings. The van der Waals surface area contributed by atoms with Crippen LogP contribution in [0.4, 0.5) is 4.39 Å². The van der Waals surface area contributed by atoms with E-state index >= 15 is 0 Å². The second kappa shape index (κ2) is 5.03. The molecule has 0 unspecified atom stereocenters. The lowest BCUT2D eigenvalue weighted by Crippen LogP contribution is -2.04. The van der Waals surface area contributed by atoms with E-state index in [1.54, 1.807) is 6.07 Å². The minimum Gasteiger partial charge on any atom is -0.326 e. The van der Waals surface area contributed by atoms with E-state index in [0.29, 0.717) is 5.56 Å². The van der Waals surface area contributed by atoms with Crippen molar-refractivity contribution in [3.63, 3.8) is 0 Å². The molecule has 8 heteroatoms. The summed E-state index contributed by atoms with van der Waals surface area (Å²) in [6.07, 6.45) is 3.51. The first-order chi connectivity index (χ1) is 8.84. The summed E-state index contributed by atoms with van der Waals surface area (Å²) < 4.78 is 38.3. The van der Waals surface area contributed by atoms with Crippen molar-refractivity contribution in [1.82, 2.24) is 9.78 Å². The number of rotatable bonds is 3. The number of nitrogens with two attached hydrogens (primary N) is 1. The molecule has 0 spiro atoms. The first-order valence-corrected chi connectivity index (χ1v) is 7.95. The van der Waals surface area contributed by atoms with Gasteiger partial charge >= 0.3 is 0 Å². The molecule has 0 saturated heterocycles. The number of benzene rings is 1. The van der Waals surface area contributed by atoms with E-state index in [2.05, 4.69) is 21.0 Å². The largest absolute Gasteiger partial charge is 0.326 e. The predicted octanol–water partition coefficient (Wildman–Crippen LogP) is 1.64. The molecule has 0 atom stereocenters. The van der Waals surface area contributed by atoms with Crippen LogP contribution in [0.15, 0.2) is 33.9 Å². The molecule has 0 aliphatic heterocycles. The van der Waals surface area contributed by atoms with Gasteiger partial charge in [-0.2, -0.15) is 5.10 Å². The third-order valence-corrected chi connectivity index (χ3v) is 4.52. The summed E-state index contributed by atoms with van der Waals surface area (Å²) in [6, 6.07) is 3.16. The maximum Gasteiger partial charge on any atom is 0.178 e. The Labute approximate surface area is 118 Å². The smallest absolute Gasteiger partial charge is 0.178 e. The number of nitrogens with zero attached hydrogens (tertiary/aromatic N) is 2. The average molecular weight is 348 g/mol. The molecule has 5 nitrogen and oxygen atoms in total. The molecule has 2 aromatic rings. The van der Waals surface area contributed by atoms with Gasteiger partial charge in [-0.1, -0.05) is 6.07 Å².